The number of carbonyl (C=O) groups is 3. The third kappa shape index (κ3) is 49.3. The van der Waals surface area contributed by atoms with Crippen molar-refractivity contribution in [3.05, 3.63) is 0 Å². The lowest BCUT2D eigenvalue weighted by Crippen LogP contribution is -2.30. The molecule has 0 aliphatic heterocycles. The van der Waals surface area contributed by atoms with Crippen LogP contribution in [-0.4, -0.2) is 37.2 Å². The summed E-state index contributed by atoms with van der Waals surface area (Å²) in [5, 5.41) is 0. The van der Waals surface area contributed by atoms with Gasteiger partial charge in [0, 0.05) is 19.3 Å². The molecule has 0 spiro atoms. The van der Waals surface area contributed by atoms with Gasteiger partial charge in [0.2, 0.25) is 0 Å². The second kappa shape index (κ2) is 47.9. The molecule has 1 atom stereocenters. The lowest BCUT2D eigenvalue weighted by atomic mass is 10.0. The Morgan fingerprint density at radius 2 is 0.541 bits per heavy atom. The third-order valence-corrected chi connectivity index (χ3v) is 12.5. The molecule has 0 rings (SSSR count). The van der Waals surface area contributed by atoms with Gasteiger partial charge in [-0.25, -0.2) is 0 Å². The number of hydrogen-bond acceptors (Lipinski definition) is 6. The summed E-state index contributed by atoms with van der Waals surface area (Å²) in [6.45, 7) is 11.3. The summed E-state index contributed by atoms with van der Waals surface area (Å²) in [7, 11) is 0. The smallest absolute Gasteiger partial charge is 0.306 e. The molecule has 0 aliphatic carbocycles. The molecule has 0 saturated heterocycles. The van der Waals surface area contributed by atoms with Crippen molar-refractivity contribution in [3.63, 3.8) is 0 Å². The molecule has 362 valence electrons. The highest BCUT2D eigenvalue weighted by atomic mass is 16.6. The molecule has 0 aliphatic rings. The molecular weight excluding hydrogens is 757 g/mol. The molecule has 0 radical (unpaired) electrons. The van der Waals surface area contributed by atoms with E-state index in [1.54, 1.807) is 0 Å². The Balaban J connectivity index is 4.21. The highest BCUT2D eigenvalue weighted by Crippen LogP contribution is 2.18. The first-order valence-electron chi connectivity index (χ1n) is 27.2. The summed E-state index contributed by atoms with van der Waals surface area (Å²) in [6, 6.07) is 0. The van der Waals surface area contributed by atoms with Gasteiger partial charge in [-0.1, -0.05) is 266 Å². The monoisotopic (exact) mass is 863 g/mol. The first kappa shape index (κ1) is 59.4. The quantitative estimate of drug-likeness (QED) is 0.0344. The molecule has 0 unspecified atom stereocenters. The lowest BCUT2D eigenvalue weighted by Gasteiger charge is -2.18. The number of esters is 3. The summed E-state index contributed by atoms with van der Waals surface area (Å²) < 4.78 is 16.8. The molecule has 0 fully saturated rings. The standard InChI is InChI=1S/C55H106O6/c1-6-7-8-9-10-11-12-13-14-15-16-17-20-23-26-29-35-40-45-53(56)59-48-52(61-55(58)47-42-37-32-31-34-39-44-51(4)5)49-60-54(57)46-41-36-30-27-24-21-18-19-22-25-28-33-38-43-50(2)3/h50-52H,6-49H2,1-5H3/t52-/m0/s1. The van der Waals surface area contributed by atoms with E-state index in [4.69, 9.17) is 14.2 Å². The van der Waals surface area contributed by atoms with Gasteiger partial charge in [0.05, 0.1) is 0 Å². The van der Waals surface area contributed by atoms with Gasteiger partial charge >= 0.3 is 17.9 Å². The average molecular weight is 863 g/mol. The fraction of sp³-hybridized carbons (Fsp3) is 0.945. The molecule has 0 heterocycles. The van der Waals surface area contributed by atoms with E-state index in [1.807, 2.05) is 0 Å². The maximum atomic E-state index is 12.7. The number of unbranched alkanes of at least 4 members (excludes halogenated alkanes) is 34. The fourth-order valence-electron chi connectivity index (χ4n) is 8.34. The molecule has 6 nitrogen and oxygen atoms in total. The van der Waals surface area contributed by atoms with Crippen LogP contribution in [0.5, 0.6) is 0 Å². The second-order valence-electron chi connectivity index (χ2n) is 19.8. The van der Waals surface area contributed by atoms with Gasteiger partial charge in [-0.2, -0.15) is 0 Å². The van der Waals surface area contributed by atoms with Crippen LogP contribution in [0.2, 0.25) is 0 Å². The lowest BCUT2D eigenvalue weighted by molar-refractivity contribution is -0.167. The minimum absolute atomic E-state index is 0.0644. The molecule has 6 heteroatoms. The van der Waals surface area contributed by atoms with Crippen molar-refractivity contribution in [2.24, 2.45) is 11.8 Å². The van der Waals surface area contributed by atoms with Gasteiger partial charge in [-0.3, -0.25) is 14.4 Å². The van der Waals surface area contributed by atoms with Crippen LogP contribution >= 0.6 is 0 Å². The van der Waals surface area contributed by atoms with E-state index in [1.165, 1.54) is 193 Å². The van der Waals surface area contributed by atoms with Crippen LogP contribution in [0.15, 0.2) is 0 Å². The minimum atomic E-state index is -0.762. The first-order valence-corrected chi connectivity index (χ1v) is 27.2. The topological polar surface area (TPSA) is 78.9 Å². The molecular formula is C55H106O6. The van der Waals surface area contributed by atoms with Crippen molar-refractivity contribution in [1.29, 1.82) is 0 Å². The molecule has 0 N–H and O–H groups in total. The van der Waals surface area contributed by atoms with Crippen molar-refractivity contribution < 1.29 is 28.6 Å². The van der Waals surface area contributed by atoms with E-state index in [9.17, 15) is 14.4 Å². The van der Waals surface area contributed by atoms with E-state index in [0.717, 1.165) is 69.6 Å². The van der Waals surface area contributed by atoms with Crippen LogP contribution in [0, 0.1) is 11.8 Å². The third-order valence-electron chi connectivity index (χ3n) is 12.5. The van der Waals surface area contributed by atoms with E-state index < -0.39 is 6.10 Å². The normalized spacial score (nSPS) is 12.0. The molecule has 0 aromatic rings. The second-order valence-corrected chi connectivity index (χ2v) is 19.8. The van der Waals surface area contributed by atoms with Gasteiger partial charge in [-0.05, 0) is 31.1 Å². The van der Waals surface area contributed by atoms with E-state index >= 15 is 0 Å². The molecule has 0 amide bonds. The Bertz CT molecular complexity index is 931. The zero-order valence-electron chi connectivity index (χ0n) is 41.8. The van der Waals surface area contributed by atoms with Gasteiger partial charge in [0.1, 0.15) is 13.2 Å². The van der Waals surface area contributed by atoms with Gasteiger partial charge in [0.15, 0.2) is 6.10 Å². The Kier molecular flexibility index (Phi) is 46.6. The van der Waals surface area contributed by atoms with Crippen LogP contribution in [0.25, 0.3) is 0 Å². The van der Waals surface area contributed by atoms with Crippen LogP contribution in [0.3, 0.4) is 0 Å². The first-order chi connectivity index (χ1) is 29.7. The SMILES string of the molecule is CCCCCCCCCCCCCCCCCCCCC(=O)OC[C@@H](COC(=O)CCCCCCCCCCCCCCCC(C)C)OC(=O)CCCCCCCCC(C)C. The zero-order valence-corrected chi connectivity index (χ0v) is 41.8. The van der Waals surface area contributed by atoms with Crippen molar-refractivity contribution in [2.45, 2.75) is 310 Å². The number of hydrogen-bond donors (Lipinski definition) is 0. The van der Waals surface area contributed by atoms with Crippen molar-refractivity contribution >= 4 is 17.9 Å². The summed E-state index contributed by atoms with van der Waals surface area (Å²) in [6.07, 6.45) is 49.7. The highest BCUT2D eigenvalue weighted by Gasteiger charge is 2.19. The summed E-state index contributed by atoms with van der Waals surface area (Å²) in [5.74, 6) is 0.748. The largest absolute Gasteiger partial charge is 0.462 e. The van der Waals surface area contributed by atoms with E-state index in [0.29, 0.717) is 19.3 Å². The predicted molar refractivity (Wildman–Crippen MR) is 261 cm³/mol. The van der Waals surface area contributed by atoms with E-state index in [2.05, 4.69) is 34.6 Å². The van der Waals surface area contributed by atoms with Crippen LogP contribution in [-0.2, 0) is 28.6 Å². The molecule has 0 aromatic heterocycles. The number of carbonyl (C=O) groups excluding carboxylic acids is 3. The predicted octanol–water partition coefficient (Wildman–Crippen LogP) is 17.7. The van der Waals surface area contributed by atoms with Gasteiger partial charge < -0.3 is 14.2 Å². The fourth-order valence-corrected chi connectivity index (χ4v) is 8.34. The zero-order chi connectivity index (χ0) is 44.7. The number of rotatable bonds is 49. The Hall–Kier alpha value is -1.59. The summed E-state index contributed by atoms with van der Waals surface area (Å²) in [5.41, 5.74) is 0. The average Bonchev–Trinajstić information content (AvgIpc) is 3.23. The summed E-state index contributed by atoms with van der Waals surface area (Å²) in [4.78, 5) is 37.9. The van der Waals surface area contributed by atoms with Crippen molar-refractivity contribution in [1.82, 2.24) is 0 Å². The maximum Gasteiger partial charge on any atom is 0.306 e. The Morgan fingerprint density at radius 1 is 0.311 bits per heavy atom. The van der Waals surface area contributed by atoms with Crippen LogP contribution in [0.4, 0.5) is 0 Å². The molecule has 0 bridgehead atoms. The number of ether oxygens (including phenoxy) is 3. The Morgan fingerprint density at radius 3 is 0.803 bits per heavy atom. The molecule has 0 saturated carbocycles. The van der Waals surface area contributed by atoms with Crippen LogP contribution < -0.4 is 0 Å². The van der Waals surface area contributed by atoms with Crippen molar-refractivity contribution in [3.8, 4) is 0 Å². The van der Waals surface area contributed by atoms with Gasteiger partial charge in [0.25, 0.3) is 0 Å². The minimum Gasteiger partial charge on any atom is -0.462 e. The molecule has 61 heavy (non-hydrogen) atoms. The van der Waals surface area contributed by atoms with E-state index in [-0.39, 0.29) is 31.1 Å². The van der Waals surface area contributed by atoms with Gasteiger partial charge in [-0.15, -0.1) is 0 Å². The summed E-state index contributed by atoms with van der Waals surface area (Å²) >= 11 is 0. The Labute approximate surface area is 380 Å². The van der Waals surface area contributed by atoms with Crippen molar-refractivity contribution in [2.75, 3.05) is 13.2 Å². The van der Waals surface area contributed by atoms with Crippen LogP contribution in [0.1, 0.15) is 304 Å². The highest BCUT2D eigenvalue weighted by molar-refractivity contribution is 5.71. The maximum absolute atomic E-state index is 12.7. The molecule has 0 aromatic carbocycles.